The molecular weight excluding hydrogens is 256 g/mol. The summed E-state index contributed by atoms with van der Waals surface area (Å²) in [6.07, 6.45) is 7.32. The van der Waals surface area contributed by atoms with E-state index in [1.807, 2.05) is 6.07 Å². The van der Waals surface area contributed by atoms with Crippen molar-refractivity contribution in [3.63, 3.8) is 0 Å². The van der Waals surface area contributed by atoms with E-state index >= 15 is 0 Å². The van der Waals surface area contributed by atoms with Crippen molar-refractivity contribution in [2.24, 2.45) is 11.3 Å². The molecule has 3 N–H and O–H groups in total. The molecule has 19 heavy (non-hydrogen) atoms. The lowest BCUT2D eigenvalue weighted by atomic mass is 9.74. The van der Waals surface area contributed by atoms with Crippen LogP contribution in [0.5, 0.6) is 0 Å². The highest BCUT2D eigenvalue weighted by atomic mass is 35.5. The third-order valence-electron chi connectivity index (χ3n) is 4.88. The maximum absolute atomic E-state index is 6.36. The molecule has 0 saturated heterocycles. The van der Waals surface area contributed by atoms with Gasteiger partial charge in [0.1, 0.15) is 0 Å². The molecule has 0 radical (unpaired) electrons. The Labute approximate surface area is 121 Å². The number of nitrogens with one attached hydrogen (secondary N) is 1. The van der Waals surface area contributed by atoms with E-state index in [2.05, 4.69) is 31.4 Å². The van der Waals surface area contributed by atoms with Gasteiger partial charge in [-0.25, -0.2) is 0 Å². The van der Waals surface area contributed by atoms with Crippen molar-refractivity contribution in [2.45, 2.75) is 58.4 Å². The highest BCUT2D eigenvalue weighted by Gasteiger charge is 2.39. The normalized spacial score (nSPS) is 19.6. The molecule has 0 bridgehead atoms. The first-order chi connectivity index (χ1) is 9.11. The molecule has 1 aliphatic carbocycles. The minimum absolute atomic E-state index is 0.320. The van der Waals surface area contributed by atoms with Crippen molar-refractivity contribution < 1.29 is 0 Å². The van der Waals surface area contributed by atoms with Gasteiger partial charge in [0.15, 0.2) is 0 Å². The zero-order valence-corrected chi connectivity index (χ0v) is 12.8. The molecule has 1 aliphatic rings. The number of hydrogen-bond acceptors (Lipinski definition) is 2. The summed E-state index contributed by atoms with van der Waals surface area (Å²) in [7, 11) is 0. The van der Waals surface area contributed by atoms with Gasteiger partial charge in [-0.2, -0.15) is 0 Å². The summed E-state index contributed by atoms with van der Waals surface area (Å²) in [5, 5.41) is 0.865. The smallest absolute Gasteiger partial charge is 0.0441 e. The first kappa shape index (κ1) is 14.8. The van der Waals surface area contributed by atoms with Crippen molar-refractivity contribution in [1.29, 1.82) is 0 Å². The van der Waals surface area contributed by atoms with Crippen molar-refractivity contribution in [1.82, 2.24) is 5.43 Å². The van der Waals surface area contributed by atoms with E-state index in [0.29, 0.717) is 11.5 Å². The van der Waals surface area contributed by atoms with Crippen LogP contribution in [0, 0.1) is 12.3 Å². The predicted octanol–water partition coefficient (Wildman–Crippen LogP) is 3.99. The standard InChI is InChI=1S/C16H25ClN2/c1-3-16(8-4-5-9-16)15(19-18)11-13-7-6-12(2)10-14(13)17/h6-7,10,15,19H,3-5,8-9,11,18H2,1-2H3. The van der Waals surface area contributed by atoms with Crippen LogP contribution in [0.2, 0.25) is 5.02 Å². The predicted molar refractivity (Wildman–Crippen MR) is 82.2 cm³/mol. The maximum atomic E-state index is 6.36. The van der Waals surface area contributed by atoms with Crippen LogP contribution in [0.4, 0.5) is 0 Å². The van der Waals surface area contributed by atoms with Crippen molar-refractivity contribution >= 4 is 11.6 Å². The Morgan fingerprint density at radius 1 is 1.37 bits per heavy atom. The summed E-state index contributed by atoms with van der Waals surface area (Å²) < 4.78 is 0. The van der Waals surface area contributed by atoms with Gasteiger partial charge in [-0.05, 0) is 55.2 Å². The fourth-order valence-electron chi connectivity index (χ4n) is 3.52. The van der Waals surface area contributed by atoms with Gasteiger partial charge in [0, 0.05) is 11.1 Å². The molecule has 2 nitrogen and oxygen atoms in total. The molecule has 1 aromatic carbocycles. The lowest BCUT2D eigenvalue weighted by molar-refractivity contribution is 0.185. The number of hydrazine groups is 1. The number of rotatable bonds is 5. The monoisotopic (exact) mass is 280 g/mol. The molecule has 1 fully saturated rings. The molecule has 2 rings (SSSR count). The molecule has 106 valence electrons. The Morgan fingerprint density at radius 2 is 2.05 bits per heavy atom. The second-order valence-corrected chi connectivity index (χ2v) is 6.35. The fourth-order valence-corrected chi connectivity index (χ4v) is 3.83. The second-order valence-electron chi connectivity index (χ2n) is 5.94. The van der Waals surface area contributed by atoms with Gasteiger partial charge < -0.3 is 0 Å². The molecule has 1 atom stereocenters. The first-order valence-electron chi connectivity index (χ1n) is 7.32. The largest absolute Gasteiger partial charge is 0.271 e. The van der Waals surface area contributed by atoms with Gasteiger partial charge in [-0.3, -0.25) is 11.3 Å². The number of nitrogens with two attached hydrogens (primary N) is 1. The highest BCUT2D eigenvalue weighted by Crippen LogP contribution is 2.44. The van der Waals surface area contributed by atoms with E-state index in [0.717, 1.165) is 11.4 Å². The summed E-state index contributed by atoms with van der Waals surface area (Å²) in [6, 6.07) is 6.63. The lowest BCUT2D eigenvalue weighted by Gasteiger charge is -2.37. The minimum atomic E-state index is 0.320. The molecule has 1 unspecified atom stereocenters. The summed E-state index contributed by atoms with van der Waals surface area (Å²) in [5.41, 5.74) is 5.83. The highest BCUT2D eigenvalue weighted by molar-refractivity contribution is 6.31. The van der Waals surface area contributed by atoms with Crippen LogP contribution in [-0.4, -0.2) is 6.04 Å². The van der Waals surface area contributed by atoms with Crippen molar-refractivity contribution in [3.8, 4) is 0 Å². The Balaban J connectivity index is 2.18. The molecule has 1 aromatic rings. The van der Waals surface area contributed by atoms with E-state index in [1.165, 1.54) is 43.2 Å². The van der Waals surface area contributed by atoms with Gasteiger partial charge in [0.2, 0.25) is 0 Å². The topological polar surface area (TPSA) is 38.0 Å². The Kier molecular flexibility index (Phi) is 4.88. The van der Waals surface area contributed by atoms with Crippen LogP contribution in [0.15, 0.2) is 18.2 Å². The van der Waals surface area contributed by atoms with Crippen LogP contribution in [0.1, 0.15) is 50.2 Å². The number of halogens is 1. The second kappa shape index (κ2) is 6.25. The number of hydrogen-bond donors (Lipinski definition) is 2. The van der Waals surface area contributed by atoms with E-state index in [1.54, 1.807) is 0 Å². The van der Waals surface area contributed by atoms with E-state index in [-0.39, 0.29) is 0 Å². The van der Waals surface area contributed by atoms with Crippen LogP contribution in [-0.2, 0) is 6.42 Å². The molecule has 0 spiro atoms. The summed E-state index contributed by atoms with van der Waals surface area (Å²) >= 11 is 6.36. The Bertz CT molecular complexity index is 425. The zero-order valence-electron chi connectivity index (χ0n) is 12.0. The maximum Gasteiger partial charge on any atom is 0.0441 e. The van der Waals surface area contributed by atoms with E-state index in [9.17, 15) is 0 Å². The molecule has 0 amide bonds. The molecule has 0 aliphatic heterocycles. The zero-order chi connectivity index (χ0) is 13.9. The third-order valence-corrected chi connectivity index (χ3v) is 5.23. The third kappa shape index (κ3) is 3.13. The van der Waals surface area contributed by atoms with Crippen LogP contribution in [0.3, 0.4) is 0 Å². The van der Waals surface area contributed by atoms with Crippen LogP contribution in [0.25, 0.3) is 0 Å². The average Bonchev–Trinajstić information content (AvgIpc) is 2.88. The van der Waals surface area contributed by atoms with E-state index in [4.69, 9.17) is 17.4 Å². The SMILES string of the molecule is CCC1(C(Cc2ccc(C)cc2Cl)NN)CCCC1. The summed E-state index contributed by atoms with van der Waals surface area (Å²) in [6.45, 7) is 4.35. The molecular formula is C16H25ClN2. The molecule has 0 aromatic heterocycles. The minimum Gasteiger partial charge on any atom is -0.271 e. The van der Waals surface area contributed by atoms with Gasteiger partial charge in [-0.1, -0.05) is 43.5 Å². The van der Waals surface area contributed by atoms with Crippen molar-refractivity contribution in [3.05, 3.63) is 34.3 Å². The van der Waals surface area contributed by atoms with Crippen LogP contribution < -0.4 is 11.3 Å². The Morgan fingerprint density at radius 3 is 2.58 bits per heavy atom. The fraction of sp³-hybridized carbons (Fsp3) is 0.625. The average molecular weight is 281 g/mol. The number of aryl methyl sites for hydroxylation is 1. The Hall–Kier alpha value is -0.570. The quantitative estimate of drug-likeness (QED) is 0.632. The molecule has 3 heteroatoms. The van der Waals surface area contributed by atoms with E-state index < -0.39 is 0 Å². The van der Waals surface area contributed by atoms with Gasteiger partial charge in [0.05, 0.1) is 0 Å². The lowest BCUT2D eigenvalue weighted by Crippen LogP contribution is -2.48. The number of benzene rings is 1. The summed E-state index contributed by atoms with van der Waals surface area (Å²) in [4.78, 5) is 0. The first-order valence-corrected chi connectivity index (χ1v) is 7.70. The van der Waals surface area contributed by atoms with Gasteiger partial charge >= 0.3 is 0 Å². The van der Waals surface area contributed by atoms with Gasteiger partial charge in [-0.15, -0.1) is 0 Å². The molecule has 1 saturated carbocycles. The van der Waals surface area contributed by atoms with Crippen molar-refractivity contribution in [2.75, 3.05) is 0 Å². The van der Waals surface area contributed by atoms with Gasteiger partial charge in [0.25, 0.3) is 0 Å². The van der Waals surface area contributed by atoms with Crippen LogP contribution >= 0.6 is 11.6 Å². The summed E-state index contributed by atoms with van der Waals surface area (Å²) in [5.74, 6) is 5.85. The molecule has 0 heterocycles.